The molecule has 0 spiro atoms. The summed E-state index contributed by atoms with van der Waals surface area (Å²) in [4.78, 5) is 13.7. The summed E-state index contributed by atoms with van der Waals surface area (Å²) in [5.41, 5.74) is 2.11. The van der Waals surface area contributed by atoms with Crippen LogP contribution in [0.1, 0.15) is 39.5 Å². The van der Waals surface area contributed by atoms with Gasteiger partial charge in [-0.3, -0.25) is 4.79 Å². The van der Waals surface area contributed by atoms with Crippen LogP contribution in [-0.2, 0) is 9.53 Å². The maximum Gasteiger partial charge on any atom is 0.227 e. The fourth-order valence-corrected chi connectivity index (χ4v) is 3.44. The number of hydrogen-bond donors (Lipinski definition) is 1. The van der Waals surface area contributed by atoms with Gasteiger partial charge in [-0.15, -0.1) is 0 Å². The lowest BCUT2D eigenvalue weighted by molar-refractivity contribution is -0.117. The zero-order valence-electron chi connectivity index (χ0n) is 12.8. The first-order chi connectivity index (χ1) is 10.1. The van der Waals surface area contributed by atoms with Gasteiger partial charge in [0.1, 0.15) is 0 Å². The first kappa shape index (κ1) is 14.4. The number of carbonyl (C=O) groups is 1. The summed E-state index contributed by atoms with van der Waals surface area (Å²) >= 11 is 0. The molecule has 4 heteroatoms. The molecule has 1 amide bonds. The van der Waals surface area contributed by atoms with Gasteiger partial charge in [0.25, 0.3) is 0 Å². The number of ether oxygens (including phenoxy) is 1. The van der Waals surface area contributed by atoms with Crippen molar-refractivity contribution in [2.24, 2.45) is 0 Å². The van der Waals surface area contributed by atoms with Gasteiger partial charge in [0.15, 0.2) is 0 Å². The first-order valence-corrected chi connectivity index (χ1v) is 7.94. The normalized spacial score (nSPS) is 29.7. The van der Waals surface area contributed by atoms with E-state index in [0.29, 0.717) is 24.7 Å². The molecule has 3 rings (SSSR count). The van der Waals surface area contributed by atoms with E-state index in [1.165, 1.54) is 0 Å². The molecule has 0 radical (unpaired) electrons. The van der Waals surface area contributed by atoms with Gasteiger partial charge >= 0.3 is 0 Å². The van der Waals surface area contributed by atoms with Crippen molar-refractivity contribution in [3.63, 3.8) is 0 Å². The van der Waals surface area contributed by atoms with Gasteiger partial charge in [-0.2, -0.15) is 0 Å². The molecule has 0 aliphatic carbocycles. The molecule has 0 bridgehead atoms. The van der Waals surface area contributed by atoms with Crippen molar-refractivity contribution in [2.45, 2.75) is 57.8 Å². The third kappa shape index (κ3) is 3.38. The van der Waals surface area contributed by atoms with E-state index in [-0.39, 0.29) is 5.91 Å². The average Bonchev–Trinajstić information content (AvgIpc) is 2.84. The maximum absolute atomic E-state index is 11.9. The Hall–Kier alpha value is -1.55. The largest absolute Gasteiger partial charge is 0.382 e. The molecule has 2 atom stereocenters. The molecule has 0 saturated carbocycles. The number of nitrogens with one attached hydrogen (secondary N) is 1. The van der Waals surface area contributed by atoms with Crippen molar-refractivity contribution in [1.82, 2.24) is 0 Å². The molecule has 2 aliphatic rings. The topological polar surface area (TPSA) is 41.6 Å². The Kier molecular flexibility index (Phi) is 4.15. The minimum Gasteiger partial charge on any atom is -0.382 e. The van der Waals surface area contributed by atoms with Crippen LogP contribution in [0.4, 0.5) is 11.4 Å². The molecule has 2 saturated heterocycles. The standard InChI is InChI=1S/C17H24N2O2/c1-12-9-15(10-13(2)21-12)18-14-5-3-6-16(11-14)19-8-4-7-17(19)20/h3,5-6,11-13,15,18H,4,7-10H2,1-2H3. The molecule has 4 nitrogen and oxygen atoms in total. The van der Waals surface area contributed by atoms with Crippen molar-refractivity contribution in [3.05, 3.63) is 24.3 Å². The number of benzene rings is 1. The summed E-state index contributed by atoms with van der Waals surface area (Å²) in [7, 11) is 0. The number of carbonyl (C=O) groups excluding carboxylic acids is 1. The van der Waals surface area contributed by atoms with E-state index >= 15 is 0 Å². The van der Waals surface area contributed by atoms with Crippen LogP contribution < -0.4 is 10.2 Å². The summed E-state index contributed by atoms with van der Waals surface area (Å²) in [6.07, 6.45) is 4.29. The van der Waals surface area contributed by atoms with Crippen LogP contribution in [0.2, 0.25) is 0 Å². The van der Waals surface area contributed by atoms with Gasteiger partial charge < -0.3 is 15.0 Å². The second-order valence-corrected chi connectivity index (χ2v) is 6.27. The highest BCUT2D eigenvalue weighted by Crippen LogP contribution is 2.27. The predicted octanol–water partition coefficient (Wildman–Crippen LogP) is 3.18. The second-order valence-electron chi connectivity index (χ2n) is 6.27. The summed E-state index contributed by atoms with van der Waals surface area (Å²) < 4.78 is 5.78. The first-order valence-electron chi connectivity index (χ1n) is 7.94. The highest BCUT2D eigenvalue weighted by atomic mass is 16.5. The van der Waals surface area contributed by atoms with Crippen LogP contribution in [0.3, 0.4) is 0 Å². The van der Waals surface area contributed by atoms with Crippen LogP contribution >= 0.6 is 0 Å². The minimum absolute atomic E-state index is 0.237. The fraction of sp³-hybridized carbons (Fsp3) is 0.588. The molecule has 1 N–H and O–H groups in total. The van der Waals surface area contributed by atoms with Crippen molar-refractivity contribution in [1.29, 1.82) is 0 Å². The molecular formula is C17H24N2O2. The molecule has 2 heterocycles. The third-order valence-electron chi connectivity index (χ3n) is 4.30. The monoisotopic (exact) mass is 288 g/mol. The number of rotatable bonds is 3. The van der Waals surface area contributed by atoms with E-state index in [9.17, 15) is 4.79 Å². The Labute approximate surface area is 126 Å². The van der Waals surface area contributed by atoms with E-state index in [2.05, 4.69) is 31.3 Å². The molecule has 2 fully saturated rings. The zero-order chi connectivity index (χ0) is 14.8. The molecule has 1 aromatic carbocycles. The Bertz CT molecular complexity index is 507. The maximum atomic E-state index is 11.9. The number of anilines is 2. The number of nitrogens with zero attached hydrogens (tertiary/aromatic N) is 1. The van der Waals surface area contributed by atoms with Gasteiger partial charge in [-0.25, -0.2) is 0 Å². The summed E-state index contributed by atoms with van der Waals surface area (Å²) in [6, 6.07) is 8.65. The van der Waals surface area contributed by atoms with Gasteiger partial charge in [0.05, 0.1) is 12.2 Å². The van der Waals surface area contributed by atoms with Crippen LogP contribution in [-0.4, -0.2) is 30.7 Å². The lowest BCUT2D eigenvalue weighted by Gasteiger charge is -2.33. The molecule has 1 aromatic rings. The van der Waals surface area contributed by atoms with E-state index in [0.717, 1.165) is 37.2 Å². The van der Waals surface area contributed by atoms with Crippen LogP contribution in [0.5, 0.6) is 0 Å². The van der Waals surface area contributed by atoms with E-state index in [1.807, 2.05) is 17.0 Å². The summed E-state index contributed by atoms with van der Waals surface area (Å²) in [6.45, 7) is 5.10. The Morgan fingerprint density at radius 2 is 2.00 bits per heavy atom. The third-order valence-corrected chi connectivity index (χ3v) is 4.30. The Morgan fingerprint density at radius 3 is 2.67 bits per heavy atom. The fourth-order valence-electron chi connectivity index (χ4n) is 3.44. The lowest BCUT2D eigenvalue weighted by Crippen LogP contribution is -2.36. The quantitative estimate of drug-likeness (QED) is 0.928. The van der Waals surface area contributed by atoms with Gasteiger partial charge in [0.2, 0.25) is 5.91 Å². The van der Waals surface area contributed by atoms with E-state index in [1.54, 1.807) is 0 Å². The van der Waals surface area contributed by atoms with Crippen molar-refractivity contribution in [2.75, 3.05) is 16.8 Å². The number of amides is 1. The van der Waals surface area contributed by atoms with E-state index in [4.69, 9.17) is 4.74 Å². The highest BCUT2D eigenvalue weighted by molar-refractivity contribution is 5.95. The molecule has 0 aromatic heterocycles. The van der Waals surface area contributed by atoms with Gasteiger partial charge in [0, 0.05) is 30.4 Å². The van der Waals surface area contributed by atoms with Crippen LogP contribution in [0.25, 0.3) is 0 Å². The highest BCUT2D eigenvalue weighted by Gasteiger charge is 2.25. The lowest BCUT2D eigenvalue weighted by atomic mass is 9.99. The average molecular weight is 288 g/mol. The Balaban J connectivity index is 1.70. The SMILES string of the molecule is CC1CC(Nc2cccc(N3CCCC3=O)c2)CC(C)O1. The van der Waals surface area contributed by atoms with Gasteiger partial charge in [-0.05, 0) is 51.3 Å². The van der Waals surface area contributed by atoms with Crippen LogP contribution in [0, 0.1) is 0 Å². The van der Waals surface area contributed by atoms with Crippen molar-refractivity contribution in [3.8, 4) is 0 Å². The predicted molar refractivity (Wildman–Crippen MR) is 84.7 cm³/mol. The summed E-state index contributed by atoms with van der Waals surface area (Å²) in [5.74, 6) is 0.237. The van der Waals surface area contributed by atoms with Crippen LogP contribution in [0.15, 0.2) is 24.3 Å². The molecule has 21 heavy (non-hydrogen) atoms. The number of hydrogen-bond acceptors (Lipinski definition) is 3. The molecule has 114 valence electrons. The van der Waals surface area contributed by atoms with Crippen molar-refractivity contribution >= 4 is 17.3 Å². The smallest absolute Gasteiger partial charge is 0.227 e. The van der Waals surface area contributed by atoms with Gasteiger partial charge in [-0.1, -0.05) is 6.07 Å². The molecule has 2 unspecified atom stereocenters. The Morgan fingerprint density at radius 1 is 1.24 bits per heavy atom. The zero-order valence-corrected chi connectivity index (χ0v) is 12.8. The summed E-state index contributed by atoms with van der Waals surface area (Å²) in [5, 5.41) is 3.60. The van der Waals surface area contributed by atoms with E-state index < -0.39 is 0 Å². The minimum atomic E-state index is 0.237. The van der Waals surface area contributed by atoms with Crippen molar-refractivity contribution < 1.29 is 9.53 Å². The second kappa shape index (κ2) is 6.06. The molecule has 2 aliphatic heterocycles. The molecular weight excluding hydrogens is 264 g/mol.